The number of aliphatic hydroxyl groups is 1. The van der Waals surface area contributed by atoms with Crippen molar-refractivity contribution in [3.63, 3.8) is 0 Å². The Labute approximate surface area is 148 Å². The highest BCUT2D eigenvalue weighted by Crippen LogP contribution is 2.34. The molecule has 1 heterocycles. The summed E-state index contributed by atoms with van der Waals surface area (Å²) in [5, 5.41) is 25.7. The van der Waals surface area contributed by atoms with Crippen LogP contribution in [-0.4, -0.2) is 36.7 Å². The molecule has 1 aromatic heterocycles. The molecule has 1 atom stereocenters. The van der Waals surface area contributed by atoms with Crippen LogP contribution >= 0.6 is 11.3 Å². The number of carbonyl (C=O) groups is 1. The molecule has 0 bridgehead atoms. The van der Waals surface area contributed by atoms with Crippen LogP contribution in [0.15, 0.2) is 29.6 Å². The van der Waals surface area contributed by atoms with Crippen molar-refractivity contribution >= 4 is 22.9 Å². The maximum atomic E-state index is 12.3. The summed E-state index contributed by atoms with van der Waals surface area (Å²) in [4.78, 5) is 23.7. The van der Waals surface area contributed by atoms with Crippen LogP contribution < -0.4 is 14.8 Å². The van der Waals surface area contributed by atoms with Gasteiger partial charge in [-0.3, -0.25) is 14.9 Å². The molecule has 0 saturated heterocycles. The number of aliphatic hydroxyl groups excluding tert-OH is 1. The summed E-state index contributed by atoms with van der Waals surface area (Å²) < 4.78 is 10.1. The Morgan fingerprint density at radius 2 is 2.04 bits per heavy atom. The van der Waals surface area contributed by atoms with Gasteiger partial charge in [-0.05, 0) is 17.9 Å². The largest absolute Gasteiger partial charge is 0.493 e. The molecule has 2 rings (SSSR count). The molecule has 1 unspecified atom stereocenters. The number of methoxy groups -OCH3 is 2. The summed E-state index contributed by atoms with van der Waals surface area (Å²) in [5.41, 5.74) is -0.512. The number of amides is 1. The molecule has 0 aliphatic rings. The van der Waals surface area contributed by atoms with Crippen molar-refractivity contribution in [1.29, 1.82) is 0 Å². The van der Waals surface area contributed by atoms with Crippen molar-refractivity contribution in [2.24, 2.45) is 0 Å². The van der Waals surface area contributed by atoms with Crippen LogP contribution in [0.2, 0.25) is 0 Å². The fraction of sp³-hybridized carbons (Fsp3) is 0.312. The quantitative estimate of drug-likeness (QED) is 0.549. The highest BCUT2D eigenvalue weighted by atomic mass is 32.1. The van der Waals surface area contributed by atoms with Gasteiger partial charge < -0.3 is 19.9 Å². The lowest BCUT2D eigenvalue weighted by Gasteiger charge is -2.12. The number of ether oxygens (including phenoxy) is 2. The number of benzene rings is 1. The first-order chi connectivity index (χ1) is 12.0. The molecule has 0 aliphatic carbocycles. The Balaban J connectivity index is 2.11. The number of hydrogen-bond donors (Lipinski definition) is 2. The minimum absolute atomic E-state index is 0.131. The average molecular weight is 366 g/mol. The molecule has 1 amide bonds. The van der Waals surface area contributed by atoms with Crippen LogP contribution in [0.1, 0.15) is 27.8 Å². The molecule has 0 saturated carbocycles. The first kappa shape index (κ1) is 18.7. The third kappa shape index (κ3) is 4.46. The lowest BCUT2D eigenvalue weighted by atomic mass is 10.1. The number of nitro benzene ring substituents is 1. The second-order valence-corrected chi connectivity index (χ2v) is 6.04. The van der Waals surface area contributed by atoms with Crippen LogP contribution in [-0.2, 0) is 0 Å². The predicted octanol–water partition coefficient (Wildman–Crippen LogP) is 2.53. The van der Waals surface area contributed by atoms with Gasteiger partial charge in [-0.1, -0.05) is 6.07 Å². The van der Waals surface area contributed by atoms with Gasteiger partial charge in [0.1, 0.15) is 5.56 Å². The van der Waals surface area contributed by atoms with Gasteiger partial charge in [-0.25, -0.2) is 0 Å². The maximum absolute atomic E-state index is 12.3. The van der Waals surface area contributed by atoms with E-state index in [1.807, 2.05) is 11.4 Å². The Kier molecular flexibility index (Phi) is 6.31. The third-order valence-electron chi connectivity index (χ3n) is 3.52. The summed E-state index contributed by atoms with van der Waals surface area (Å²) >= 11 is 1.42. The molecule has 2 aromatic rings. The van der Waals surface area contributed by atoms with Gasteiger partial charge in [-0.2, -0.15) is 0 Å². The maximum Gasteiger partial charge on any atom is 0.286 e. The standard InChI is InChI=1S/C16H18N2O6S/c1-23-13-8-10(11(18(21)22)9-14(13)24-2)16(20)17-6-5-12(19)15-4-3-7-25-15/h3-4,7-9,12,19H,5-6H2,1-2H3,(H,17,20). The Bertz CT molecular complexity index is 747. The van der Waals surface area contributed by atoms with E-state index in [1.165, 1.54) is 31.6 Å². The van der Waals surface area contributed by atoms with E-state index in [2.05, 4.69) is 5.32 Å². The molecule has 134 valence electrons. The van der Waals surface area contributed by atoms with Gasteiger partial charge >= 0.3 is 0 Å². The molecule has 25 heavy (non-hydrogen) atoms. The number of hydrogen-bond acceptors (Lipinski definition) is 7. The fourth-order valence-corrected chi connectivity index (χ4v) is 2.99. The van der Waals surface area contributed by atoms with Gasteiger partial charge in [-0.15, -0.1) is 11.3 Å². The van der Waals surface area contributed by atoms with E-state index in [0.717, 1.165) is 10.9 Å². The normalized spacial score (nSPS) is 11.6. The Morgan fingerprint density at radius 3 is 2.60 bits per heavy atom. The smallest absolute Gasteiger partial charge is 0.286 e. The van der Waals surface area contributed by atoms with E-state index in [1.54, 1.807) is 6.07 Å². The summed E-state index contributed by atoms with van der Waals surface area (Å²) in [6, 6.07) is 6.04. The van der Waals surface area contributed by atoms with Gasteiger partial charge in [0.15, 0.2) is 11.5 Å². The van der Waals surface area contributed by atoms with E-state index >= 15 is 0 Å². The molecule has 9 heteroatoms. The number of thiophene rings is 1. The first-order valence-electron chi connectivity index (χ1n) is 7.38. The monoisotopic (exact) mass is 366 g/mol. The van der Waals surface area contributed by atoms with Crippen LogP contribution in [0.5, 0.6) is 11.5 Å². The van der Waals surface area contributed by atoms with Crippen molar-refractivity contribution < 1.29 is 24.3 Å². The zero-order valence-electron chi connectivity index (χ0n) is 13.7. The lowest BCUT2D eigenvalue weighted by Crippen LogP contribution is -2.26. The number of nitrogens with one attached hydrogen (secondary N) is 1. The molecule has 0 spiro atoms. The summed E-state index contributed by atoms with van der Waals surface area (Å²) in [5.74, 6) is -0.234. The second kappa shape index (κ2) is 8.45. The zero-order valence-corrected chi connectivity index (χ0v) is 14.5. The van der Waals surface area contributed by atoms with Crippen LogP contribution in [0, 0.1) is 10.1 Å². The van der Waals surface area contributed by atoms with E-state index in [-0.39, 0.29) is 29.3 Å². The molecule has 0 radical (unpaired) electrons. The van der Waals surface area contributed by atoms with Crippen LogP contribution in [0.3, 0.4) is 0 Å². The molecular weight excluding hydrogens is 348 g/mol. The lowest BCUT2D eigenvalue weighted by molar-refractivity contribution is -0.385. The van der Waals surface area contributed by atoms with Crippen molar-refractivity contribution in [3.8, 4) is 11.5 Å². The molecule has 1 aromatic carbocycles. The number of nitro groups is 1. The van der Waals surface area contributed by atoms with Crippen LogP contribution in [0.4, 0.5) is 5.69 Å². The number of nitrogens with zero attached hydrogens (tertiary/aromatic N) is 1. The highest BCUT2D eigenvalue weighted by Gasteiger charge is 2.24. The Hall–Kier alpha value is -2.65. The third-order valence-corrected chi connectivity index (χ3v) is 4.49. The van der Waals surface area contributed by atoms with Gasteiger partial charge in [0.05, 0.1) is 31.3 Å². The zero-order chi connectivity index (χ0) is 18.4. The fourth-order valence-electron chi connectivity index (χ4n) is 2.24. The van der Waals surface area contributed by atoms with Gasteiger partial charge in [0.2, 0.25) is 0 Å². The van der Waals surface area contributed by atoms with Crippen molar-refractivity contribution in [2.75, 3.05) is 20.8 Å². The van der Waals surface area contributed by atoms with E-state index in [0.29, 0.717) is 6.42 Å². The van der Waals surface area contributed by atoms with E-state index < -0.39 is 16.9 Å². The minimum Gasteiger partial charge on any atom is -0.493 e. The summed E-state index contributed by atoms with van der Waals surface area (Å²) in [7, 11) is 2.73. The van der Waals surface area contributed by atoms with Crippen molar-refractivity contribution in [2.45, 2.75) is 12.5 Å². The van der Waals surface area contributed by atoms with E-state index in [9.17, 15) is 20.0 Å². The summed E-state index contributed by atoms with van der Waals surface area (Å²) in [6.07, 6.45) is -0.395. The predicted molar refractivity (Wildman–Crippen MR) is 92.4 cm³/mol. The highest BCUT2D eigenvalue weighted by molar-refractivity contribution is 7.10. The van der Waals surface area contributed by atoms with Crippen molar-refractivity contribution in [3.05, 3.63) is 50.2 Å². The Morgan fingerprint density at radius 1 is 1.36 bits per heavy atom. The first-order valence-corrected chi connectivity index (χ1v) is 8.26. The van der Waals surface area contributed by atoms with Crippen LogP contribution in [0.25, 0.3) is 0 Å². The second-order valence-electron chi connectivity index (χ2n) is 5.06. The molecular formula is C16H18N2O6S. The molecule has 0 aliphatic heterocycles. The number of rotatable bonds is 8. The molecule has 2 N–H and O–H groups in total. The average Bonchev–Trinajstić information content (AvgIpc) is 3.14. The number of carbonyl (C=O) groups excluding carboxylic acids is 1. The molecule has 0 fully saturated rings. The minimum atomic E-state index is -0.694. The molecule has 8 nitrogen and oxygen atoms in total. The SMILES string of the molecule is COc1cc(C(=O)NCCC(O)c2cccs2)c([N+](=O)[O-])cc1OC. The van der Waals surface area contributed by atoms with Gasteiger partial charge in [0.25, 0.3) is 11.6 Å². The topological polar surface area (TPSA) is 111 Å². The van der Waals surface area contributed by atoms with E-state index in [4.69, 9.17) is 9.47 Å². The summed E-state index contributed by atoms with van der Waals surface area (Å²) in [6.45, 7) is 0.170. The van der Waals surface area contributed by atoms with Gasteiger partial charge in [0, 0.05) is 17.5 Å². The van der Waals surface area contributed by atoms with Crippen molar-refractivity contribution in [1.82, 2.24) is 5.32 Å².